The van der Waals surface area contributed by atoms with Gasteiger partial charge in [-0.25, -0.2) is 4.98 Å². The van der Waals surface area contributed by atoms with Crippen LogP contribution in [-0.2, 0) is 11.4 Å². The first-order valence-electron chi connectivity index (χ1n) is 8.35. The Morgan fingerprint density at radius 3 is 2.56 bits per heavy atom. The number of likely N-dealkylation sites (tertiary alicyclic amines) is 1. The molecule has 0 radical (unpaired) electrons. The lowest BCUT2D eigenvalue weighted by Gasteiger charge is -2.30. The van der Waals surface area contributed by atoms with E-state index < -0.39 is 0 Å². The zero-order chi connectivity index (χ0) is 17.6. The lowest BCUT2D eigenvalue weighted by atomic mass is 9.96. The van der Waals surface area contributed by atoms with Gasteiger partial charge in [0.1, 0.15) is 6.61 Å². The van der Waals surface area contributed by atoms with Gasteiger partial charge in [0.05, 0.1) is 0 Å². The van der Waals surface area contributed by atoms with Crippen LogP contribution in [0.3, 0.4) is 0 Å². The fourth-order valence-electron chi connectivity index (χ4n) is 2.90. The van der Waals surface area contributed by atoms with Crippen LogP contribution in [0.4, 0.5) is 0 Å². The molecule has 130 valence electrons. The Morgan fingerprint density at radius 1 is 1.16 bits per heavy atom. The summed E-state index contributed by atoms with van der Waals surface area (Å²) in [6.07, 6.45) is 2.80. The molecule has 1 saturated heterocycles. The largest absolute Gasteiger partial charge is 0.473 e. The van der Waals surface area contributed by atoms with Gasteiger partial charge in [-0.15, -0.1) is 0 Å². The molecule has 0 atom stereocenters. The van der Waals surface area contributed by atoms with Gasteiger partial charge in [0.25, 0.3) is 5.91 Å². The molecule has 1 aromatic carbocycles. The van der Waals surface area contributed by atoms with Gasteiger partial charge in [0, 0.05) is 36.8 Å². The van der Waals surface area contributed by atoms with Crippen LogP contribution in [0.25, 0.3) is 0 Å². The fraction of sp³-hybridized carbons (Fsp3) is 0.316. The average molecular weight is 339 g/mol. The molecule has 1 aliphatic rings. The first-order valence-corrected chi connectivity index (χ1v) is 8.35. The summed E-state index contributed by atoms with van der Waals surface area (Å²) in [5, 5.41) is 0. The van der Waals surface area contributed by atoms with Crippen LogP contribution in [0, 0.1) is 5.92 Å². The summed E-state index contributed by atoms with van der Waals surface area (Å²) in [7, 11) is 0. The zero-order valence-corrected chi connectivity index (χ0v) is 13.9. The highest BCUT2D eigenvalue weighted by Crippen LogP contribution is 2.20. The maximum atomic E-state index is 12.6. The molecule has 1 aliphatic heterocycles. The first-order chi connectivity index (χ1) is 12.1. The summed E-state index contributed by atoms with van der Waals surface area (Å²) in [6, 6.07) is 13.1. The summed E-state index contributed by atoms with van der Waals surface area (Å²) in [4.78, 5) is 29.8. The van der Waals surface area contributed by atoms with Gasteiger partial charge in [0.2, 0.25) is 11.8 Å². The lowest BCUT2D eigenvalue weighted by Crippen LogP contribution is -2.41. The molecule has 0 saturated carbocycles. The SMILES string of the molecule is NC(=O)C1CCN(C(=O)c2ccnc(OCc3ccccc3)c2)CC1. The molecular weight excluding hydrogens is 318 g/mol. The standard InChI is InChI=1S/C19H21N3O3/c20-18(23)15-7-10-22(11-8-15)19(24)16-6-9-21-17(12-16)25-13-14-4-2-1-3-5-14/h1-6,9,12,15H,7-8,10-11,13H2,(H2,20,23). The van der Waals surface area contributed by atoms with Gasteiger partial charge in [-0.3, -0.25) is 9.59 Å². The van der Waals surface area contributed by atoms with Crippen molar-refractivity contribution in [3.63, 3.8) is 0 Å². The molecule has 6 heteroatoms. The minimum Gasteiger partial charge on any atom is -0.473 e. The van der Waals surface area contributed by atoms with Crippen LogP contribution in [0.5, 0.6) is 5.88 Å². The van der Waals surface area contributed by atoms with E-state index in [1.807, 2.05) is 30.3 Å². The number of carbonyl (C=O) groups is 2. The average Bonchev–Trinajstić information content (AvgIpc) is 2.67. The molecule has 0 unspecified atom stereocenters. The highest BCUT2D eigenvalue weighted by atomic mass is 16.5. The smallest absolute Gasteiger partial charge is 0.254 e. The fourth-order valence-corrected chi connectivity index (χ4v) is 2.90. The van der Waals surface area contributed by atoms with Gasteiger partial charge in [-0.2, -0.15) is 0 Å². The lowest BCUT2D eigenvalue weighted by molar-refractivity contribution is -0.123. The number of amides is 2. The molecule has 2 aromatic rings. The van der Waals surface area contributed by atoms with Crippen LogP contribution in [-0.4, -0.2) is 34.8 Å². The van der Waals surface area contributed by atoms with Gasteiger partial charge < -0.3 is 15.4 Å². The maximum absolute atomic E-state index is 12.6. The van der Waals surface area contributed by atoms with Crippen molar-refractivity contribution >= 4 is 11.8 Å². The molecule has 3 rings (SSSR count). The molecular formula is C19H21N3O3. The summed E-state index contributed by atoms with van der Waals surface area (Å²) < 4.78 is 5.68. The summed E-state index contributed by atoms with van der Waals surface area (Å²) in [6.45, 7) is 1.47. The minimum absolute atomic E-state index is 0.0742. The quantitative estimate of drug-likeness (QED) is 0.903. The van der Waals surface area contributed by atoms with E-state index in [0.717, 1.165) is 5.56 Å². The predicted molar refractivity (Wildman–Crippen MR) is 92.8 cm³/mol. The molecule has 0 aliphatic carbocycles. The highest BCUT2D eigenvalue weighted by molar-refractivity contribution is 5.94. The van der Waals surface area contributed by atoms with Crippen molar-refractivity contribution in [2.45, 2.75) is 19.4 Å². The van der Waals surface area contributed by atoms with Crippen molar-refractivity contribution in [2.75, 3.05) is 13.1 Å². The van der Waals surface area contributed by atoms with Crippen molar-refractivity contribution in [3.8, 4) is 5.88 Å². The molecule has 0 bridgehead atoms. The van der Waals surface area contributed by atoms with Gasteiger partial charge in [0.15, 0.2) is 0 Å². The number of primary amides is 1. The number of rotatable bonds is 5. The monoisotopic (exact) mass is 339 g/mol. The van der Waals surface area contributed by atoms with Crippen molar-refractivity contribution in [2.24, 2.45) is 11.7 Å². The topological polar surface area (TPSA) is 85.5 Å². The summed E-state index contributed by atoms with van der Waals surface area (Å²) in [5.74, 6) is -0.0736. The van der Waals surface area contributed by atoms with Gasteiger partial charge in [-0.1, -0.05) is 30.3 Å². The number of benzene rings is 1. The zero-order valence-electron chi connectivity index (χ0n) is 13.9. The molecule has 25 heavy (non-hydrogen) atoms. The van der Waals surface area contributed by atoms with Crippen LogP contribution in [0.2, 0.25) is 0 Å². The van der Waals surface area contributed by atoms with E-state index in [9.17, 15) is 9.59 Å². The number of hydrogen-bond donors (Lipinski definition) is 1. The number of pyridine rings is 1. The van der Waals surface area contributed by atoms with E-state index in [-0.39, 0.29) is 17.7 Å². The third kappa shape index (κ3) is 4.35. The van der Waals surface area contributed by atoms with Crippen LogP contribution in [0.15, 0.2) is 48.7 Å². The van der Waals surface area contributed by atoms with Crippen molar-refractivity contribution in [3.05, 3.63) is 59.8 Å². The van der Waals surface area contributed by atoms with Gasteiger partial charge >= 0.3 is 0 Å². The minimum atomic E-state index is -0.285. The number of piperidine rings is 1. The number of hydrogen-bond acceptors (Lipinski definition) is 4. The molecule has 2 amide bonds. The molecule has 6 nitrogen and oxygen atoms in total. The van der Waals surface area contributed by atoms with E-state index >= 15 is 0 Å². The van der Waals surface area contributed by atoms with E-state index in [1.165, 1.54) is 0 Å². The van der Waals surface area contributed by atoms with Crippen molar-refractivity contribution < 1.29 is 14.3 Å². The summed E-state index contributed by atoms with van der Waals surface area (Å²) in [5.41, 5.74) is 6.91. The third-order valence-electron chi connectivity index (χ3n) is 4.40. The molecule has 0 spiro atoms. The second kappa shape index (κ2) is 7.79. The second-order valence-electron chi connectivity index (χ2n) is 6.13. The van der Waals surface area contributed by atoms with Crippen LogP contribution in [0.1, 0.15) is 28.8 Å². The van der Waals surface area contributed by atoms with E-state index in [2.05, 4.69) is 4.98 Å². The molecule has 2 heterocycles. The third-order valence-corrected chi connectivity index (χ3v) is 4.40. The van der Waals surface area contributed by atoms with E-state index in [4.69, 9.17) is 10.5 Å². The van der Waals surface area contributed by atoms with Crippen LogP contribution < -0.4 is 10.5 Å². The number of nitrogens with two attached hydrogens (primary N) is 1. The highest BCUT2D eigenvalue weighted by Gasteiger charge is 2.26. The predicted octanol–water partition coefficient (Wildman–Crippen LogP) is 2.00. The Kier molecular flexibility index (Phi) is 5.28. The second-order valence-corrected chi connectivity index (χ2v) is 6.13. The Labute approximate surface area is 146 Å². The number of ether oxygens (including phenoxy) is 1. The van der Waals surface area contributed by atoms with Gasteiger partial charge in [-0.05, 0) is 24.5 Å². The normalized spacial score (nSPS) is 15.0. The Bertz CT molecular complexity index is 741. The van der Waals surface area contributed by atoms with E-state index in [0.29, 0.717) is 44.0 Å². The summed E-state index contributed by atoms with van der Waals surface area (Å²) >= 11 is 0. The van der Waals surface area contributed by atoms with Crippen molar-refractivity contribution in [1.29, 1.82) is 0 Å². The molecule has 2 N–H and O–H groups in total. The Hall–Kier alpha value is -2.89. The van der Waals surface area contributed by atoms with Crippen LogP contribution >= 0.6 is 0 Å². The Balaban J connectivity index is 1.61. The Morgan fingerprint density at radius 2 is 1.88 bits per heavy atom. The number of aromatic nitrogens is 1. The first kappa shape index (κ1) is 17.0. The number of nitrogens with zero attached hydrogens (tertiary/aromatic N) is 2. The maximum Gasteiger partial charge on any atom is 0.254 e. The number of carbonyl (C=O) groups excluding carboxylic acids is 2. The van der Waals surface area contributed by atoms with Crippen molar-refractivity contribution in [1.82, 2.24) is 9.88 Å². The molecule has 1 aromatic heterocycles. The molecule has 1 fully saturated rings. The van der Waals surface area contributed by atoms with E-state index in [1.54, 1.807) is 23.2 Å².